The van der Waals surface area contributed by atoms with E-state index in [0.717, 1.165) is 23.7 Å². The largest absolute Gasteiger partial charge is 0.313 e. The summed E-state index contributed by atoms with van der Waals surface area (Å²) in [6.07, 6.45) is 8.11. The Bertz CT molecular complexity index is 336. The van der Waals surface area contributed by atoms with Crippen LogP contribution in [0.3, 0.4) is 0 Å². The van der Waals surface area contributed by atoms with Crippen molar-refractivity contribution in [1.82, 2.24) is 5.32 Å². The molecule has 0 aromatic heterocycles. The van der Waals surface area contributed by atoms with Crippen molar-refractivity contribution in [3.05, 3.63) is 34.3 Å². The summed E-state index contributed by atoms with van der Waals surface area (Å²) < 4.78 is 0. The Morgan fingerprint density at radius 2 is 1.78 bits per heavy atom. The topological polar surface area (TPSA) is 12.0 Å². The molecular weight excluding hydrogens is 242 g/mol. The number of rotatable bonds is 9. The first kappa shape index (κ1) is 15.5. The Morgan fingerprint density at radius 3 is 2.50 bits per heavy atom. The smallest absolute Gasteiger partial charge is 0.0438 e. The third kappa shape index (κ3) is 6.42. The summed E-state index contributed by atoms with van der Waals surface area (Å²) in [5.41, 5.74) is 2.42. The fraction of sp³-hybridized carbons (Fsp3) is 0.625. The van der Waals surface area contributed by atoms with Crippen molar-refractivity contribution in [3.8, 4) is 0 Å². The van der Waals surface area contributed by atoms with Crippen LogP contribution in [0.2, 0.25) is 5.02 Å². The Hall–Kier alpha value is -0.530. The quantitative estimate of drug-likeness (QED) is 0.614. The summed E-state index contributed by atoms with van der Waals surface area (Å²) >= 11 is 6.10. The number of unbranched alkanes of at least 4 members (excludes halogenated alkanes) is 5. The van der Waals surface area contributed by atoms with Crippen molar-refractivity contribution in [2.75, 3.05) is 6.54 Å². The molecule has 0 saturated carbocycles. The average Bonchev–Trinajstić information content (AvgIpc) is 2.37. The molecule has 1 aromatic rings. The molecule has 2 heteroatoms. The maximum absolute atomic E-state index is 6.10. The molecule has 1 rings (SSSR count). The lowest BCUT2D eigenvalue weighted by Crippen LogP contribution is -2.14. The number of halogens is 1. The van der Waals surface area contributed by atoms with Gasteiger partial charge in [-0.3, -0.25) is 0 Å². The maximum atomic E-state index is 6.10. The average molecular weight is 268 g/mol. The van der Waals surface area contributed by atoms with Crippen LogP contribution >= 0.6 is 11.6 Å². The van der Waals surface area contributed by atoms with Gasteiger partial charge in [-0.25, -0.2) is 0 Å². The van der Waals surface area contributed by atoms with Gasteiger partial charge in [0, 0.05) is 11.6 Å². The van der Waals surface area contributed by atoms with Gasteiger partial charge in [0.05, 0.1) is 0 Å². The standard InChI is InChI=1S/C16H26ClN/c1-3-4-5-6-7-8-11-18-13-15-10-9-14(2)16(17)12-15/h9-10,12,18H,3-8,11,13H2,1-2H3. The molecule has 102 valence electrons. The Labute approximate surface area is 117 Å². The van der Waals surface area contributed by atoms with E-state index in [4.69, 9.17) is 11.6 Å². The van der Waals surface area contributed by atoms with Gasteiger partial charge in [-0.15, -0.1) is 0 Å². The maximum Gasteiger partial charge on any atom is 0.0438 e. The van der Waals surface area contributed by atoms with E-state index >= 15 is 0 Å². The van der Waals surface area contributed by atoms with E-state index in [0.29, 0.717) is 0 Å². The minimum atomic E-state index is 0.869. The van der Waals surface area contributed by atoms with Gasteiger partial charge in [0.15, 0.2) is 0 Å². The van der Waals surface area contributed by atoms with E-state index in [-0.39, 0.29) is 0 Å². The first-order valence-electron chi connectivity index (χ1n) is 7.19. The fourth-order valence-electron chi connectivity index (χ4n) is 2.01. The normalized spacial score (nSPS) is 10.8. The van der Waals surface area contributed by atoms with Gasteiger partial charge >= 0.3 is 0 Å². The summed E-state index contributed by atoms with van der Waals surface area (Å²) in [7, 11) is 0. The predicted octanol–water partition coefficient (Wildman–Crippen LogP) is 5.10. The zero-order valence-corrected chi connectivity index (χ0v) is 12.5. The predicted molar refractivity (Wildman–Crippen MR) is 81.3 cm³/mol. The van der Waals surface area contributed by atoms with Crippen LogP contribution in [-0.2, 0) is 6.54 Å². The van der Waals surface area contributed by atoms with Crippen molar-refractivity contribution in [2.45, 2.75) is 58.9 Å². The molecule has 0 fully saturated rings. The molecule has 0 atom stereocenters. The third-order valence-electron chi connectivity index (χ3n) is 3.27. The van der Waals surface area contributed by atoms with Crippen LogP contribution in [0.5, 0.6) is 0 Å². The Kier molecular flexibility index (Phi) is 8.11. The lowest BCUT2D eigenvalue weighted by atomic mass is 10.1. The van der Waals surface area contributed by atoms with Crippen LogP contribution in [0.1, 0.15) is 56.6 Å². The molecule has 0 aliphatic heterocycles. The van der Waals surface area contributed by atoms with Crippen molar-refractivity contribution < 1.29 is 0 Å². The van der Waals surface area contributed by atoms with E-state index in [1.807, 2.05) is 6.92 Å². The second kappa shape index (κ2) is 9.41. The molecular formula is C16H26ClN. The van der Waals surface area contributed by atoms with Crippen LogP contribution in [0.25, 0.3) is 0 Å². The SMILES string of the molecule is CCCCCCCCNCc1ccc(C)c(Cl)c1. The summed E-state index contributed by atoms with van der Waals surface area (Å²) in [4.78, 5) is 0. The highest BCUT2D eigenvalue weighted by atomic mass is 35.5. The van der Waals surface area contributed by atoms with E-state index in [1.165, 1.54) is 44.1 Å². The summed E-state index contributed by atoms with van der Waals surface area (Å²) in [5.74, 6) is 0. The molecule has 0 radical (unpaired) electrons. The summed E-state index contributed by atoms with van der Waals surface area (Å²) in [6.45, 7) is 6.33. The molecule has 1 N–H and O–H groups in total. The van der Waals surface area contributed by atoms with E-state index < -0.39 is 0 Å². The van der Waals surface area contributed by atoms with Gasteiger partial charge in [0.2, 0.25) is 0 Å². The Balaban J connectivity index is 2.05. The fourth-order valence-corrected chi connectivity index (χ4v) is 2.21. The van der Waals surface area contributed by atoms with E-state index in [1.54, 1.807) is 0 Å². The van der Waals surface area contributed by atoms with Gasteiger partial charge in [-0.2, -0.15) is 0 Å². The first-order chi connectivity index (χ1) is 8.74. The molecule has 0 aliphatic rings. The monoisotopic (exact) mass is 267 g/mol. The van der Waals surface area contributed by atoms with Crippen molar-refractivity contribution in [2.24, 2.45) is 0 Å². The van der Waals surface area contributed by atoms with Crippen molar-refractivity contribution in [3.63, 3.8) is 0 Å². The van der Waals surface area contributed by atoms with Gasteiger partial charge in [0.1, 0.15) is 0 Å². The third-order valence-corrected chi connectivity index (χ3v) is 3.68. The van der Waals surface area contributed by atoms with Crippen LogP contribution < -0.4 is 5.32 Å². The lowest BCUT2D eigenvalue weighted by Gasteiger charge is -2.06. The highest BCUT2D eigenvalue weighted by Gasteiger charge is 1.97. The number of hydrogen-bond acceptors (Lipinski definition) is 1. The molecule has 0 saturated heterocycles. The zero-order chi connectivity index (χ0) is 13.2. The highest BCUT2D eigenvalue weighted by Crippen LogP contribution is 2.16. The first-order valence-corrected chi connectivity index (χ1v) is 7.57. The number of aryl methyl sites for hydroxylation is 1. The molecule has 0 aliphatic carbocycles. The molecule has 1 aromatic carbocycles. The van der Waals surface area contributed by atoms with E-state index in [9.17, 15) is 0 Å². The summed E-state index contributed by atoms with van der Waals surface area (Å²) in [6, 6.07) is 6.30. The second-order valence-corrected chi connectivity index (χ2v) is 5.44. The highest BCUT2D eigenvalue weighted by molar-refractivity contribution is 6.31. The minimum Gasteiger partial charge on any atom is -0.313 e. The molecule has 0 amide bonds. The number of benzene rings is 1. The van der Waals surface area contributed by atoms with Gasteiger partial charge in [0.25, 0.3) is 0 Å². The molecule has 0 bridgehead atoms. The second-order valence-electron chi connectivity index (χ2n) is 5.03. The number of hydrogen-bond donors (Lipinski definition) is 1. The lowest BCUT2D eigenvalue weighted by molar-refractivity contribution is 0.572. The van der Waals surface area contributed by atoms with Gasteiger partial charge in [-0.05, 0) is 37.1 Å². The van der Waals surface area contributed by atoms with Crippen molar-refractivity contribution >= 4 is 11.6 Å². The van der Waals surface area contributed by atoms with Crippen LogP contribution in [-0.4, -0.2) is 6.54 Å². The zero-order valence-electron chi connectivity index (χ0n) is 11.8. The molecule has 18 heavy (non-hydrogen) atoms. The molecule has 0 unspecified atom stereocenters. The molecule has 0 spiro atoms. The van der Waals surface area contributed by atoms with Crippen LogP contribution in [0.15, 0.2) is 18.2 Å². The number of nitrogens with one attached hydrogen (secondary N) is 1. The van der Waals surface area contributed by atoms with Gasteiger partial charge < -0.3 is 5.32 Å². The van der Waals surface area contributed by atoms with Crippen molar-refractivity contribution in [1.29, 1.82) is 0 Å². The molecule has 1 nitrogen and oxygen atoms in total. The van der Waals surface area contributed by atoms with Gasteiger partial charge in [-0.1, -0.05) is 62.8 Å². The van der Waals surface area contributed by atoms with E-state index in [2.05, 4.69) is 30.4 Å². The van der Waals surface area contributed by atoms with Crippen LogP contribution in [0.4, 0.5) is 0 Å². The van der Waals surface area contributed by atoms with Crippen LogP contribution in [0, 0.1) is 6.92 Å². The summed E-state index contributed by atoms with van der Waals surface area (Å²) in [5, 5.41) is 4.35. The Morgan fingerprint density at radius 1 is 1.06 bits per heavy atom. The minimum absolute atomic E-state index is 0.869. The molecule has 0 heterocycles.